The third-order valence-corrected chi connectivity index (χ3v) is 4.26. The molecule has 5 heteroatoms. The molecule has 0 spiro atoms. The molecule has 1 aliphatic heterocycles. The maximum absolute atomic E-state index is 12.2. The molecular formula is C15H22N4O. The second kappa shape index (κ2) is 6.20. The zero-order valence-electron chi connectivity index (χ0n) is 11.8. The van der Waals surface area contributed by atoms with Crippen molar-refractivity contribution in [1.82, 2.24) is 15.3 Å². The fourth-order valence-electron chi connectivity index (χ4n) is 3.10. The quantitative estimate of drug-likeness (QED) is 0.917. The number of hydrogen-bond donors (Lipinski definition) is 1. The zero-order chi connectivity index (χ0) is 13.8. The molecule has 0 unspecified atom stereocenters. The highest BCUT2D eigenvalue weighted by Gasteiger charge is 2.20. The summed E-state index contributed by atoms with van der Waals surface area (Å²) in [6.45, 7) is 2.06. The Kier molecular flexibility index (Phi) is 4.14. The third kappa shape index (κ3) is 3.08. The van der Waals surface area contributed by atoms with Crippen molar-refractivity contribution in [3.8, 4) is 0 Å². The Labute approximate surface area is 119 Å². The van der Waals surface area contributed by atoms with Gasteiger partial charge in [0.1, 0.15) is 17.8 Å². The van der Waals surface area contributed by atoms with E-state index in [1.165, 1.54) is 38.4 Å². The van der Waals surface area contributed by atoms with Crippen molar-refractivity contribution < 1.29 is 4.79 Å². The van der Waals surface area contributed by atoms with E-state index in [1.54, 1.807) is 0 Å². The SMILES string of the molecule is O=C(NC1CCCC1)c1cc(N2CCCCC2)ncn1. The highest BCUT2D eigenvalue weighted by Crippen LogP contribution is 2.19. The normalized spacial score (nSPS) is 20.1. The van der Waals surface area contributed by atoms with Gasteiger partial charge >= 0.3 is 0 Å². The minimum Gasteiger partial charge on any atom is -0.357 e. The van der Waals surface area contributed by atoms with Gasteiger partial charge in [-0.1, -0.05) is 12.8 Å². The Morgan fingerprint density at radius 3 is 2.60 bits per heavy atom. The van der Waals surface area contributed by atoms with E-state index < -0.39 is 0 Å². The standard InChI is InChI=1S/C15H22N4O/c20-15(18-12-6-2-3-7-12)13-10-14(17-11-16-13)19-8-4-1-5-9-19/h10-12H,1-9H2,(H,18,20). The van der Waals surface area contributed by atoms with E-state index in [0.717, 1.165) is 31.7 Å². The lowest BCUT2D eigenvalue weighted by Crippen LogP contribution is -2.34. The van der Waals surface area contributed by atoms with Gasteiger partial charge in [-0.25, -0.2) is 9.97 Å². The molecule has 2 aliphatic rings. The second-order valence-corrected chi connectivity index (χ2v) is 5.76. The first kappa shape index (κ1) is 13.3. The van der Waals surface area contributed by atoms with Gasteiger partial charge in [0.05, 0.1) is 0 Å². The van der Waals surface area contributed by atoms with Crippen LogP contribution in [-0.2, 0) is 0 Å². The van der Waals surface area contributed by atoms with Crippen LogP contribution in [0.25, 0.3) is 0 Å². The zero-order valence-corrected chi connectivity index (χ0v) is 11.8. The summed E-state index contributed by atoms with van der Waals surface area (Å²) < 4.78 is 0. The fraction of sp³-hybridized carbons (Fsp3) is 0.667. The molecule has 1 saturated carbocycles. The topological polar surface area (TPSA) is 58.1 Å². The van der Waals surface area contributed by atoms with Crippen molar-refractivity contribution in [2.45, 2.75) is 51.0 Å². The van der Waals surface area contributed by atoms with Gasteiger partial charge < -0.3 is 10.2 Å². The van der Waals surface area contributed by atoms with Crippen molar-refractivity contribution in [1.29, 1.82) is 0 Å². The van der Waals surface area contributed by atoms with Crippen LogP contribution in [0.2, 0.25) is 0 Å². The number of nitrogens with zero attached hydrogens (tertiary/aromatic N) is 3. The summed E-state index contributed by atoms with van der Waals surface area (Å²) in [4.78, 5) is 22.9. The van der Waals surface area contributed by atoms with Crippen LogP contribution in [0.4, 0.5) is 5.82 Å². The first-order valence-electron chi connectivity index (χ1n) is 7.71. The summed E-state index contributed by atoms with van der Waals surface area (Å²) in [5, 5.41) is 3.08. The molecule has 20 heavy (non-hydrogen) atoms. The highest BCUT2D eigenvalue weighted by atomic mass is 16.1. The van der Waals surface area contributed by atoms with Gasteiger partial charge in [0.15, 0.2) is 0 Å². The number of nitrogens with one attached hydrogen (secondary N) is 1. The summed E-state index contributed by atoms with van der Waals surface area (Å²) >= 11 is 0. The van der Waals surface area contributed by atoms with Crippen molar-refractivity contribution in [2.24, 2.45) is 0 Å². The lowest BCUT2D eigenvalue weighted by atomic mass is 10.1. The van der Waals surface area contributed by atoms with Gasteiger partial charge in [0.2, 0.25) is 0 Å². The lowest BCUT2D eigenvalue weighted by molar-refractivity contribution is 0.0932. The summed E-state index contributed by atoms with van der Waals surface area (Å²) in [7, 11) is 0. The molecule has 2 fully saturated rings. The lowest BCUT2D eigenvalue weighted by Gasteiger charge is -2.27. The van der Waals surface area contributed by atoms with Gasteiger partial charge in [0, 0.05) is 25.2 Å². The van der Waals surface area contributed by atoms with Crippen molar-refractivity contribution in [3.63, 3.8) is 0 Å². The van der Waals surface area contributed by atoms with Crippen LogP contribution in [-0.4, -0.2) is 35.0 Å². The molecule has 2 heterocycles. The molecule has 108 valence electrons. The van der Waals surface area contributed by atoms with E-state index in [-0.39, 0.29) is 5.91 Å². The van der Waals surface area contributed by atoms with Crippen molar-refractivity contribution >= 4 is 11.7 Å². The van der Waals surface area contributed by atoms with Gasteiger partial charge in [-0.15, -0.1) is 0 Å². The molecule has 1 aliphatic carbocycles. The first-order valence-corrected chi connectivity index (χ1v) is 7.71. The van der Waals surface area contributed by atoms with Crippen LogP contribution in [0.5, 0.6) is 0 Å². The maximum atomic E-state index is 12.2. The highest BCUT2D eigenvalue weighted by molar-refractivity contribution is 5.93. The number of anilines is 1. The Hall–Kier alpha value is -1.65. The Morgan fingerprint density at radius 2 is 1.85 bits per heavy atom. The second-order valence-electron chi connectivity index (χ2n) is 5.76. The molecule has 0 atom stereocenters. The predicted molar refractivity (Wildman–Crippen MR) is 77.8 cm³/mol. The van der Waals surface area contributed by atoms with E-state index in [2.05, 4.69) is 20.2 Å². The Balaban J connectivity index is 1.67. The van der Waals surface area contributed by atoms with Crippen molar-refractivity contribution in [3.05, 3.63) is 18.1 Å². The number of aromatic nitrogens is 2. The van der Waals surface area contributed by atoms with Crippen LogP contribution in [0.1, 0.15) is 55.4 Å². The maximum Gasteiger partial charge on any atom is 0.270 e. The molecule has 0 aromatic carbocycles. The molecule has 1 aromatic rings. The van der Waals surface area contributed by atoms with E-state index in [0.29, 0.717) is 11.7 Å². The predicted octanol–water partition coefficient (Wildman–Crippen LogP) is 2.14. The molecule has 0 radical (unpaired) electrons. The molecule has 1 N–H and O–H groups in total. The number of amides is 1. The fourth-order valence-corrected chi connectivity index (χ4v) is 3.10. The Bertz CT molecular complexity index is 465. The summed E-state index contributed by atoms with van der Waals surface area (Å²) in [5.41, 5.74) is 0.493. The molecule has 5 nitrogen and oxygen atoms in total. The van der Waals surface area contributed by atoms with Gasteiger partial charge in [0.25, 0.3) is 5.91 Å². The first-order chi connectivity index (χ1) is 9.83. The molecule has 1 saturated heterocycles. The largest absolute Gasteiger partial charge is 0.357 e. The summed E-state index contributed by atoms with van der Waals surface area (Å²) in [6, 6.07) is 2.16. The van der Waals surface area contributed by atoms with Crippen LogP contribution in [0.15, 0.2) is 12.4 Å². The number of hydrogen-bond acceptors (Lipinski definition) is 4. The summed E-state index contributed by atoms with van der Waals surface area (Å²) in [5.74, 6) is 0.828. The minimum absolute atomic E-state index is 0.0578. The van der Waals surface area contributed by atoms with Crippen LogP contribution in [0.3, 0.4) is 0 Å². The number of piperidine rings is 1. The van der Waals surface area contributed by atoms with Crippen LogP contribution >= 0.6 is 0 Å². The minimum atomic E-state index is -0.0578. The monoisotopic (exact) mass is 274 g/mol. The molecular weight excluding hydrogens is 252 g/mol. The average molecular weight is 274 g/mol. The van der Waals surface area contributed by atoms with E-state index in [9.17, 15) is 4.79 Å². The molecule has 1 amide bonds. The van der Waals surface area contributed by atoms with Crippen molar-refractivity contribution in [2.75, 3.05) is 18.0 Å². The summed E-state index contributed by atoms with van der Waals surface area (Å²) in [6.07, 6.45) is 9.82. The third-order valence-electron chi connectivity index (χ3n) is 4.26. The Morgan fingerprint density at radius 1 is 1.10 bits per heavy atom. The van der Waals surface area contributed by atoms with E-state index in [4.69, 9.17) is 0 Å². The van der Waals surface area contributed by atoms with Crippen LogP contribution < -0.4 is 10.2 Å². The molecule has 0 bridgehead atoms. The molecule has 3 rings (SSSR count). The molecule has 1 aromatic heterocycles. The van der Waals surface area contributed by atoms with Gasteiger partial charge in [-0.2, -0.15) is 0 Å². The smallest absolute Gasteiger partial charge is 0.270 e. The van der Waals surface area contributed by atoms with E-state index in [1.807, 2.05) is 6.07 Å². The number of carbonyl (C=O) groups excluding carboxylic acids is 1. The van der Waals surface area contributed by atoms with Gasteiger partial charge in [-0.05, 0) is 32.1 Å². The number of carbonyl (C=O) groups is 1. The van der Waals surface area contributed by atoms with Crippen LogP contribution in [0, 0.1) is 0 Å². The van der Waals surface area contributed by atoms with Gasteiger partial charge in [-0.3, -0.25) is 4.79 Å². The van der Waals surface area contributed by atoms with E-state index >= 15 is 0 Å². The average Bonchev–Trinajstić information content (AvgIpc) is 3.01. The number of rotatable bonds is 3.